The summed E-state index contributed by atoms with van der Waals surface area (Å²) in [5, 5.41) is 0. The topological polar surface area (TPSA) is 0 Å². The van der Waals surface area contributed by atoms with E-state index in [4.69, 9.17) is 0 Å². The van der Waals surface area contributed by atoms with E-state index in [1.165, 1.54) is 148 Å². The Hall–Kier alpha value is 0. The van der Waals surface area contributed by atoms with E-state index in [1.54, 1.807) is 0 Å². The summed E-state index contributed by atoms with van der Waals surface area (Å²) in [5.74, 6) is 0.898. The minimum absolute atomic E-state index is 0.898. The summed E-state index contributed by atoms with van der Waals surface area (Å²) in [7, 11) is 0. The third-order valence-electron chi connectivity index (χ3n) is 6.14. The summed E-state index contributed by atoms with van der Waals surface area (Å²) in [6, 6.07) is 0. The molecule has 164 valence electrons. The van der Waals surface area contributed by atoms with Gasteiger partial charge in [-0.05, 0) is 5.92 Å². The third-order valence-corrected chi connectivity index (χ3v) is 6.14. The smallest absolute Gasteiger partial charge is 0.0471 e. The van der Waals surface area contributed by atoms with E-state index >= 15 is 0 Å². The van der Waals surface area contributed by atoms with Gasteiger partial charge in [0.2, 0.25) is 0 Å². The van der Waals surface area contributed by atoms with E-state index in [2.05, 4.69) is 20.8 Å². The Morgan fingerprint density at radius 3 is 0.778 bits per heavy atom. The molecule has 0 heterocycles. The van der Waals surface area contributed by atoms with Crippen molar-refractivity contribution in [3.05, 3.63) is 0 Å². The summed E-state index contributed by atoms with van der Waals surface area (Å²) < 4.78 is 0. The van der Waals surface area contributed by atoms with Gasteiger partial charge in [0, 0.05) is 0 Å². The lowest BCUT2D eigenvalue weighted by molar-refractivity contribution is 0.500. The van der Waals surface area contributed by atoms with Gasteiger partial charge in [-0.1, -0.05) is 168 Å². The van der Waals surface area contributed by atoms with Crippen molar-refractivity contribution in [2.24, 2.45) is 5.92 Å². The van der Waals surface area contributed by atoms with Crippen LogP contribution in [0.25, 0.3) is 0 Å². The molecule has 27 heavy (non-hydrogen) atoms. The maximum atomic E-state index is 2.34. The summed E-state index contributed by atoms with van der Waals surface area (Å²) in [6.07, 6.45) is 33.9. The van der Waals surface area contributed by atoms with Gasteiger partial charge in [-0.2, -0.15) is 0 Å². The lowest BCUT2D eigenvalue weighted by Crippen LogP contribution is -1.87. The maximum absolute atomic E-state index is 2.34. The lowest BCUT2D eigenvalue weighted by Gasteiger charge is -2.05. The second kappa shape index (κ2) is 24.0. The molecule has 0 saturated heterocycles. The molecule has 0 amide bonds. The summed E-state index contributed by atoms with van der Waals surface area (Å²) in [4.78, 5) is 0. The van der Waals surface area contributed by atoms with Crippen LogP contribution in [0.4, 0.5) is 0 Å². The van der Waals surface area contributed by atoms with Gasteiger partial charge in [0.15, 0.2) is 0 Å². The number of rotatable bonds is 23. The van der Waals surface area contributed by atoms with E-state index in [9.17, 15) is 0 Å². The Morgan fingerprint density at radius 2 is 0.556 bits per heavy atom. The van der Waals surface area contributed by atoms with Gasteiger partial charge < -0.3 is 0 Å². The van der Waals surface area contributed by atoms with Crippen LogP contribution in [0.2, 0.25) is 0 Å². The van der Waals surface area contributed by atoms with Crippen molar-refractivity contribution in [1.82, 2.24) is 0 Å². The molecular formula is C27H56. The van der Waals surface area contributed by atoms with E-state index in [0.29, 0.717) is 0 Å². The summed E-state index contributed by atoms with van der Waals surface area (Å²) in [5.41, 5.74) is 0. The van der Waals surface area contributed by atoms with Crippen LogP contribution >= 0.6 is 0 Å². The van der Waals surface area contributed by atoms with Crippen molar-refractivity contribution >= 4 is 0 Å². The molecule has 0 aromatic rings. The van der Waals surface area contributed by atoms with Gasteiger partial charge in [0.05, 0.1) is 0 Å². The fourth-order valence-electron chi connectivity index (χ4n) is 4.16. The fourth-order valence-corrected chi connectivity index (χ4v) is 4.16. The van der Waals surface area contributed by atoms with Crippen LogP contribution in [0.1, 0.15) is 168 Å². The molecule has 0 N–H and O–H groups in total. The first-order valence-electron chi connectivity index (χ1n) is 13.3. The van der Waals surface area contributed by atoms with Crippen LogP contribution in [0.15, 0.2) is 0 Å². The number of unbranched alkanes of at least 4 members (excludes halogenated alkanes) is 21. The maximum Gasteiger partial charge on any atom is -0.0471 e. The predicted octanol–water partition coefficient (Wildman–Crippen LogP) is 10.6. The minimum atomic E-state index is 0.898. The Morgan fingerprint density at radius 1 is 0.333 bits per heavy atom. The number of hydrogen-bond donors (Lipinski definition) is 0. The van der Waals surface area contributed by atoms with Crippen LogP contribution in [0.3, 0.4) is 0 Å². The van der Waals surface area contributed by atoms with Crippen molar-refractivity contribution < 1.29 is 0 Å². The van der Waals surface area contributed by atoms with Gasteiger partial charge in [-0.3, -0.25) is 0 Å². The van der Waals surface area contributed by atoms with Gasteiger partial charge in [0.25, 0.3) is 0 Å². The number of hydrogen-bond acceptors (Lipinski definition) is 0. The summed E-state index contributed by atoms with van der Waals surface area (Å²) in [6.45, 7) is 6.99. The van der Waals surface area contributed by atoms with Gasteiger partial charge >= 0.3 is 0 Å². The Balaban J connectivity index is 2.97. The molecule has 0 fully saturated rings. The first-order chi connectivity index (χ1) is 13.3. The van der Waals surface area contributed by atoms with E-state index in [0.717, 1.165) is 5.92 Å². The predicted molar refractivity (Wildman–Crippen MR) is 127 cm³/mol. The van der Waals surface area contributed by atoms with Crippen molar-refractivity contribution in [3.63, 3.8) is 0 Å². The molecule has 0 aromatic heterocycles. The molecule has 0 aliphatic rings. The summed E-state index contributed by atoms with van der Waals surface area (Å²) >= 11 is 0. The van der Waals surface area contributed by atoms with Crippen molar-refractivity contribution in [2.75, 3.05) is 0 Å². The highest BCUT2D eigenvalue weighted by Crippen LogP contribution is 2.16. The molecule has 0 aliphatic carbocycles. The second-order valence-corrected chi connectivity index (χ2v) is 9.61. The van der Waals surface area contributed by atoms with E-state index in [1.807, 2.05) is 0 Å². The van der Waals surface area contributed by atoms with Crippen LogP contribution in [-0.4, -0.2) is 0 Å². The fraction of sp³-hybridized carbons (Fsp3) is 1.00. The van der Waals surface area contributed by atoms with Crippen LogP contribution in [0.5, 0.6) is 0 Å². The Kier molecular flexibility index (Phi) is 24.0. The van der Waals surface area contributed by atoms with E-state index in [-0.39, 0.29) is 0 Å². The average Bonchev–Trinajstić information content (AvgIpc) is 2.65. The molecule has 0 rings (SSSR count). The first-order valence-corrected chi connectivity index (χ1v) is 13.3. The molecule has 0 radical (unpaired) electrons. The minimum Gasteiger partial charge on any atom is -0.0654 e. The Labute approximate surface area is 174 Å². The van der Waals surface area contributed by atoms with E-state index < -0.39 is 0 Å². The first kappa shape index (κ1) is 27.0. The second-order valence-electron chi connectivity index (χ2n) is 9.61. The molecule has 0 bridgehead atoms. The molecule has 0 atom stereocenters. The highest BCUT2D eigenvalue weighted by atomic mass is 14.0. The van der Waals surface area contributed by atoms with Gasteiger partial charge in [-0.15, -0.1) is 0 Å². The Bertz CT molecular complexity index is 242. The highest BCUT2D eigenvalue weighted by molar-refractivity contribution is 4.52. The third kappa shape index (κ3) is 26.0. The zero-order valence-electron chi connectivity index (χ0n) is 19.8. The monoisotopic (exact) mass is 380 g/mol. The van der Waals surface area contributed by atoms with Crippen molar-refractivity contribution in [2.45, 2.75) is 168 Å². The molecular weight excluding hydrogens is 324 g/mol. The molecule has 0 saturated carbocycles. The molecule has 0 aliphatic heterocycles. The van der Waals surface area contributed by atoms with Crippen LogP contribution in [-0.2, 0) is 0 Å². The zero-order chi connectivity index (χ0) is 19.8. The largest absolute Gasteiger partial charge is 0.0654 e. The highest BCUT2D eigenvalue weighted by Gasteiger charge is 1.96. The van der Waals surface area contributed by atoms with Crippen molar-refractivity contribution in [3.8, 4) is 0 Å². The quantitative estimate of drug-likeness (QED) is 0.155. The molecule has 0 aromatic carbocycles. The lowest BCUT2D eigenvalue weighted by atomic mass is 10.0. The SMILES string of the molecule is CCCCCCCCCCCCCCCCCCCCCCCCC(C)C. The molecule has 0 nitrogen and oxygen atoms in total. The molecule has 0 spiro atoms. The normalized spacial score (nSPS) is 11.6. The standard InChI is InChI=1S/C27H56/c1-4-5-6-7-8-9-10-11-12-13-14-15-16-17-18-19-20-21-22-23-24-25-26-27(2)3/h27H,4-26H2,1-3H3. The van der Waals surface area contributed by atoms with Gasteiger partial charge in [0.1, 0.15) is 0 Å². The molecule has 0 unspecified atom stereocenters. The average molecular weight is 381 g/mol. The zero-order valence-corrected chi connectivity index (χ0v) is 19.8. The van der Waals surface area contributed by atoms with Crippen molar-refractivity contribution in [1.29, 1.82) is 0 Å². The molecule has 0 heteroatoms. The van der Waals surface area contributed by atoms with Crippen LogP contribution < -0.4 is 0 Å². The van der Waals surface area contributed by atoms with Crippen LogP contribution in [0, 0.1) is 5.92 Å². The van der Waals surface area contributed by atoms with Gasteiger partial charge in [-0.25, -0.2) is 0 Å².